The summed E-state index contributed by atoms with van der Waals surface area (Å²) in [4.78, 5) is 14.7. The van der Waals surface area contributed by atoms with Gasteiger partial charge in [0.2, 0.25) is 0 Å². The van der Waals surface area contributed by atoms with Gasteiger partial charge >= 0.3 is 5.97 Å². The summed E-state index contributed by atoms with van der Waals surface area (Å²) in [5, 5.41) is 27.0. The lowest BCUT2D eigenvalue weighted by Gasteiger charge is -2.63. The molecular formula is C25H41N3O4. The molecule has 0 aromatic heterocycles. The predicted molar refractivity (Wildman–Crippen MR) is 121 cm³/mol. The van der Waals surface area contributed by atoms with Crippen LogP contribution < -0.4 is 0 Å². The maximum atomic E-state index is 11.7. The van der Waals surface area contributed by atoms with E-state index in [-0.39, 0.29) is 41.0 Å². The summed E-state index contributed by atoms with van der Waals surface area (Å²) >= 11 is 0. The van der Waals surface area contributed by atoms with Gasteiger partial charge in [-0.15, -0.1) is 0 Å². The van der Waals surface area contributed by atoms with Crippen molar-refractivity contribution in [3.63, 3.8) is 0 Å². The van der Waals surface area contributed by atoms with Crippen LogP contribution in [0.5, 0.6) is 0 Å². The van der Waals surface area contributed by atoms with Crippen molar-refractivity contribution in [1.29, 1.82) is 0 Å². The van der Waals surface area contributed by atoms with Crippen LogP contribution in [0.4, 0.5) is 0 Å². The molecule has 4 aliphatic carbocycles. The average Bonchev–Trinajstić information content (AvgIpc) is 3.12. The Labute approximate surface area is 191 Å². The molecule has 7 heteroatoms. The Kier molecular flexibility index (Phi) is 6.56. The third-order valence-corrected chi connectivity index (χ3v) is 10.8. The Hall–Kier alpha value is -1.30. The number of esters is 1. The van der Waals surface area contributed by atoms with E-state index in [0.717, 1.165) is 51.4 Å². The van der Waals surface area contributed by atoms with Gasteiger partial charge in [0.15, 0.2) is 0 Å². The summed E-state index contributed by atoms with van der Waals surface area (Å²) in [6.45, 7) is 6.84. The van der Waals surface area contributed by atoms with E-state index in [1.807, 2.05) is 0 Å². The van der Waals surface area contributed by atoms with Gasteiger partial charge in [-0.05, 0) is 103 Å². The SMILES string of the molecule is COC(=O)CC[C@@H](C)[C@H]1CC[C@H]2[C@@H]3[C@H](O)CC4C[C@@H](N=[N+]=[N-])CC[C@]4(C)[C@H]3C[C@H](O)[C@]12C. The Morgan fingerprint density at radius 1 is 1.19 bits per heavy atom. The predicted octanol–water partition coefficient (Wildman–Crippen LogP) is 4.86. The topological polar surface area (TPSA) is 116 Å². The molecule has 1 unspecified atom stereocenters. The molecule has 0 aromatic carbocycles. The van der Waals surface area contributed by atoms with Crippen LogP contribution in [0, 0.1) is 46.3 Å². The molecule has 4 saturated carbocycles. The fourth-order valence-electron chi connectivity index (χ4n) is 8.96. The van der Waals surface area contributed by atoms with E-state index >= 15 is 0 Å². The molecule has 2 N–H and O–H groups in total. The number of rotatable bonds is 5. The van der Waals surface area contributed by atoms with E-state index in [4.69, 9.17) is 10.3 Å². The van der Waals surface area contributed by atoms with Gasteiger partial charge in [0.25, 0.3) is 0 Å². The van der Waals surface area contributed by atoms with E-state index in [9.17, 15) is 15.0 Å². The lowest BCUT2D eigenvalue weighted by Crippen LogP contribution is -2.62. The molecule has 0 aromatic rings. The number of nitrogens with zero attached hydrogens (tertiary/aromatic N) is 3. The number of hydrogen-bond donors (Lipinski definition) is 2. The van der Waals surface area contributed by atoms with E-state index in [0.29, 0.717) is 36.0 Å². The van der Waals surface area contributed by atoms with Crippen molar-refractivity contribution in [3.05, 3.63) is 10.4 Å². The summed E-state index contributed by atoms with van der Waals surface area (Å²) in [7, 11) is 1.43. The van der Waals surface area contributed by atoms with Crippen molar-refractivity contribution in [2.75, 3.05) is 7.11 Å². The number of aliphatic hydroxyl groups excluding tert-OH is 2. The highest BCUT2D eigenvalue weighted by atomic mass is 16.5. The molecule has 32 heavy (non-hydrogen) atoms. The van der Waals surface area contributed by atoms with E-state index in [1.54, 1.807) is 0 Å². The molecule has 4 rings (SSSR count). The maximum absolute atomic E-state index is 11.7. The minimum atomic E-state index is -0.389. The monoisotopic (exact) mass is 447 g/mol. The number of fused-ring (bicyclic) bond motifs is 5. The molecule has 0 spiro atoms. The summed E-state index contributed by atoms with van der Waals surface area (Å²) in [5.41, 5.74) is 8.75. The fourth-order valence-corrected chi connectivity index (χ4v) is 8.96. The molecule has 11 atom stereocenters. The van der Waals surface area contributed by atoms with E-state index in [2.05, 4.69) is 30.8 Å². The molecule has 0 heterocycles. The largest absolute Gasteiger partial charge is 0.469 e. The van der Waals surface area contributed by atoms with Crippen LogP contribution in [0.25, 0.3) is 10.4 Å². The van der Waals surface area contributed by atoms with Crippen LogP contribution in [-0.2, 0) is 9.53 Å². The van der Waals surface area contributed by atoms with E-state index < -0.39 is 0 Å². The van der Waals surface area contributed by atoms with E-state index in [1.165, 1.54) is 7.11 Å². The van der Waals surface area contributed by atoms with Crippen LogP contribution >= 0.6 is 0 Å². The standard InChI is InChI=1S/C25H41N3O4/c1-14(5-8-22(31)32-4)17-6-7-18-23-19(13-21(30)25(17,18)3)24(2)10-9-16(27-28-26)11-15(24)12-20(23)29/h14-21,23,29-30H,5-13H2,1-4H3/t14-,15?,16+,17-,18+,19+,20-,21+,23+,24+,25-/m1/s1. The first kappa shape index (κ1) is 23.8. The second kappa shape index (κ2) is 8.81. The molecule has 180 valence electrons. The number of methoxy groups -OCH3 is 1. The van der Waals surface area contributed by atoms with Gasteiger partial charge in [0.1, 0.15) is 0 Å². The van der Waals surface area contributed by atoms with Crippen molar-refractivity contribution in [2.45, 2.75) is 96.8 Å². The molecular weight excluding hydrogens is 406 g/mol. The first-order valence-corrected chi connectivity index (χ1v) is 12.6. The van der Waals surface area contributed by atoms with Crippen molar-refractivity contribution in [2.24, 2.45) is 51.5 Å². The highest BCUT2D eigenvalue weighted by Gasteiger charge is 2.65. The van der Waals surface area contributed by atoms with Crippen LogP contribution in [0.3, 0.4) is 0 Å². The number of azide groups is 1. The highest BCUT2D eigenvalue weighted by Crippen LogP contribution is 2.68. The zero-order valence-electron chi connectivity index (χ0n) is 20.1. The van der Waals surface area contributed by atoms with Gasteiger partial charge in [-0.3, -0.25) is 4.79 Å². The quantitative estimate of drug-likeness (QED) is 0.271. The molecule has 0 bridgehead atoms. The first-order chi connectivity index (χ1) is 15.2. The normalized spacial score (nSPS) is 48.6. The minimum Gasteiger partial charge on any atom is -0.469 e. The fraction of sp³-hybridized carbons (Fsp3) is 0.960. The molecule has 0 saturated heterocycles. The summed E-state index contributed by atoms with van der Waals surface area (Å²) in [5.74, 6) is 1.70. The Morgan fingerprint density at radius 3 is 2.62 bits per heavy atom. The molecule has 7 nitrogen and oxygen atoms in total. The zero-order chi connectivity index (χ0) is 23.3. The Balaban J connectivity index is 1.57. The molecule has 4 fully saturated rings. The van der Waals surface area contributed by atoms with Gasteiger partial charge in [0, 0.05) is 17.4 Å². The minimum absolute atomic E-state index is 0.0344. The van der Waals surface area contributed by atoms with Crippen LogP contribution in [0.1, 0.15) is 78.6 Å². The third-order valence-electron chi connectivity index (χ3n) is 10.8. The number of carbonyl (C=O) groups excluding carboxylic acids is 1. The molecule has 0 aliphatic heterocycles. The second-order valence-corrected chi connectivity index (χ2v) is 11.8. The lowest BCUT2D eigenvalue weighted by molar-refractivity contribution is -0.202. The molecule has 4 aliphatic rings. The first-order valence-electron chi connectivity index (χ1n) is 12.6. The van der Waals surface area contributed by atoms with Gasteiger partial charge in [-0.25, -0.2) is 0 Å². The average molecular weight is 448 g/mol. The highest BCUT2D eigenvalue weighted by molar-refractivity contribution is 5.69. The van der Waals surface area contributed by atoms with Crippen molar-refractivity contribution >= 4 is 5.97 Å². The molecule has 0 amide bonds. The number of hydrogen-bond acceptors (Lipinski definition) is 5. The summed E-state index contributed by atoms with van der Waals surface area (Å²) in [6, 6.07) is 0.0344. The molecule has 0 radical (unpaired) electrons. The lowest BCUT2D eigenvalue weighted by atomic mass is 9.43. The Bertz CT molecular complexity index is 770. The van der Waals surface area contributed by atoms with Crippen molar-refractivity contribution in [3.8, 4) is 0 Å². The Morgan fingerprint density at radius 2 is 1.94 bits per heavy atom. The van der Waals surface area contributed by atoms with Crippen LogP contribution in [0.15, 0.2) is 5.11 Å². The van der Waals surface area contributed by atoms with Gasteiger partial charge < -0.3 is 14.9 Å². The maximum Gasteiger partial charge on any atom is 0.305 e. The van der Waals surface area contributed by atoms with Crippen molar-refractivity contribution < 1.29 is 19.7 Å². The van der Waals surface area contributed by atoms with Gasteiger partial charge in [-0.1, -0.05) is 25.9 Å². The number of carbonyl (C=O) groups is 1. The zero-order valence-corrected chi connectivity index (χ0v) is 20.1. The third kappa shape index (κ3) is 3.65. The van der Waals surface area contributed by atoms with Crippen LogP contribution in [-0.4, -0.2) is 41.5 Å². The second-order valence-electron chi connectivity index (χ2n) is 11.8. The van der Waals surface area contributed by atoms with Crippen LogP contribution in [0.2, 0.25) is 0 Å². The van der Waals surface area contributed by atoms with Gasteiger partial charge in [0.05, 0.1) is 19.3 Å². The van der Waals surface area contributed by atoms with Gasteiger partial charge in [-0.2, -0.15) is 0 Å². The van der Waals surface area contributed by atoms with Crippen molar-refractivity contribution in [1.82, 2.24) is 0 Å². The summed E-state index contributed by atoms with van der Waals surface area (Å²) in [6.07, 6.45) is 6.83. The number of ether oxygens (including phenoxy) is 1. The summed E-state index contributed by atoms with van der Waals surface area (Å²) < 4.78 is 4.84. The smallest absolute Gasteiger partial charge is 0.305 e. The number of aliphatic hydroxyl groups is 2.